The summed E-state index contributed by atoms with van der Waals surface area (Å²) < 4.78 is 74.2. The molecule has 1 N–H and O–H groups in total. The number of amides is 1. The van der Waals surface area contributed by atoms with Crippen LogP contribution in [0.15, 0.2) is 42.5 Å². The standard InChI is InChI=1S/C27H33F4NO7/c1-3-37-24(25(33)34)16-19-4-8-22(9-5-19)38-15-12-32(11-14-36-13-10-27(2,30)31)26(35)39-18-20-6-7-21(28)17-23(20)29/h4-9,17,24H,3,10-16,18H2,1-2H3,(H,33,34). The smallest absolute Gasteiger partial charge is 0.410 e. The summed E-state index contributed by atoms with van der Waals surface area (Å²) in [5.74, 6) is -5.09. The molecule has 8 nitrogen and oxygen atoms in total. The lowest BCUT2D eigenvalue weighted by Gasteiger charge is -2.22. The second-order valence-corrected chi connectivity index (χ2v) is 8.69. The second kappa shape index (κ2) is 15.9. The van der Waals surface area contributed by atoms with Crippen molar-refractivity contribution in [3.05, 3.63) is 65.2 Å². The van der Waals surface area contributed by atoms with E-state index < -0.39 is 48.8 Å². The van der Waals surface area contributed by atoms with Gasteiger partial charge in [0.2, 0.25) is 5.92 Å². The monoisotopic (exact) mass is 559 g/mol. The van der Waals surface area contributed by atoms with Gasteiger partial charge in [0.05, 0.1) is 19.8 Å². The minimum Gasteiger partial charge on any atom is -0.492 e. The molecule has 0 fully saturated rings. The topological polar surface area (TPSA) is 94.5 Å². The van der Waals surface area contributed by atoms with E-state index in [9.17, 15) is 32.3 Å². The molecule has 12 heteroatoms. The van der Waals surface area contributed by atoms with Gasteiger partial charge in [-0.3, -0.25) is 0 Å². The van der Waals surface area contributed by atoms with E-state index in [0.717, 1.165) is 24.6 Å². The van der Waals surface area contributed by atoms with E-state index in [2.05, 4.69) is 0 Å². The largest absolute Gasteiger partial charge is 0.492 e. The van der Waals surface area contributed by atoms with Gasteiger partial charge in [-0.1, -0.05) is 12.1 Å². The van der Waals surface area contributed by atoms with Crippen LogP contribution in [0.5, 0.6) is 5.75 Å². The highest BCUT2D eigenvalue weighted by atomic mass is 19.3. The van der Waals surface area contributed by atoms with Gasteiger partial charge < -0.3 is 29.0 Å². The maximum Gasteiger partial charge on any atom is 0.410 e. The average Bonchev–Trinajstić information content (AvgIpc) is 2.86. The van der Waals surface area contributed by atoms with Crippen molar-refractivity contribution >= 4 is 12.1 Å². The van der Waals surface area contributed by atoms with E-state index in [4.69, 9.17) is 18.9 Å². The lowest BCUT2D eigenvalue weighted by molar-refractivity contribution is -0.149. The van der Waals surface area contributed by atoms with Crippen molar-refractivity contribution in [2.45, 2.75) is 45.3 Å². The summed E-state index contributed by atoms with van der Waals surface area (Å²) in [6.45, 7) is 2.13. The zero-order valence-electron chi connectivity index (χ0n) is 21.8. The second-order valence-electron chi connectivity index (χ2n) is 8.69. The van der Waals surface area contributed by atoms with E-state index >= 15 is 0 Å². The molecule has 216 valence electrons. The number of carbonyl (C=O) groups excluding carboxylic acids is 1. The Morgan fingerprint density at radius 1 is 1.03 bits per heavy atom. The highest BCUT2D eigenvalue weighted by Gasteiger charge is 2.21. The first-order valence-electron chi connectivity index (χ1n) is 12.4. The maximum absolute atomic E-state index is 13.9. The number of aliphatic carboxylic acids is 1. The van der Waals surface area contributed by atoms with Crippen LogP contribution in [0.2, 0.25) is 0 Å². The fourth-order valence-electron chi connectivity index (χ4n) is 3.32. The number of halogens is 4. The van der Waals surface area contributed by atoms with Crippen LogP contribution in [0, 0.1) is 11.6 Å². The Morgan fingerprint density at radius 3 is 2.33 bits per heavy atom. The summed E-state index contributed by atoms with van der Waals surface area (Å²) in [5.41, 5.74) is 0.716. The molecular weight excluding hydrogens is 526 g/mol. The van der Waals surface area contributed by atoms with Crippen molar-refractivity contribution in [1.82, 2.24) is 4.90 Å². The molecule has 0 heterocycles. The molecule has 0 spiro atoms. The van der Waals surface area contributed by atoms with Crippen LogP contribution in [-0.4, -0.2) is 73.6 Å². The number of hydrogen-bond donors (Lipinski definition) is 1. The van der Waals surface area contributed by atoms with Crippen LogP contribution in [0.25, 0.3) is 0 Å². The van der Waals surface area contributed by atoms with Crippen molar-refractivity contribution in [3.8, 4) is 5.75 Å². The third-order valence-electron chi connectivity index (χ3n) is 5.43. The summed E-state index contributed by atoms with van der Waals surface area (Å²) in [7, 11) is 0. The molecule has 1 amide bonds. The molecule has 0 bridgehead atoms. The minimum atomic E-state index is -2.88. The number of nitrogens with zero attached hydrogens (tertiary/aromatic N) is 1. The quantitative estimate of drug-likeness (QED) is 0.214. The molecule has 0 saturated heterocycles. The molecule has 2 rings (SSSR count). The minimum absolute atomic E-state index is 0.00365. The summed E-state index contributed by atoms with van der Waals surface area (Å²) in [4.78, 5) is 25.1. The molecule has 0 aliphatic carbocycles. The molecule has 1 unspecified atom stereocenters. The Balaban J connectivity index is 1.91. The highest BCUT2D eigenvalue weighted by molar-refractivity contribution is 5.72. The van der Waals surface area contributed by atoms with Crippen LogP contribution in [-0.2, 0) is 32.0 Å². The lowest BCUT2D eigenvalue weighted by atomic mass is 10.1. The predicted octanol–water partition coefficient (Wildman–Crippen LogP) is 5.08. The van der Waals surface area contributed by atoms with Gasteiger partial charge in [0, 0.05) is 37.6 Å². The van der Waals surface area contributed by atoms with Gasteiger partial charge in [0.15, 0.2) is 6.10 Å². The number of carboxylic acid groups (broad SMARTS) is 1. The molecule has 0 aliphatic heterocycles. The van der Waals surface area contributed by atoms with E-state index in [0.29, 0.717) is 11.8 Å². The molecule has 2 aromatic carbocycles. The SMILES string of the molecule is CCOC(Cc1ccc(OCCN(CCOCCC(C)(F)F)C(=O)OCc2ccc(F)cc2F)cc1)C(=O)O. The number of hydrogen-bond acceptors (Lipinski definition) is 6. The van der Waals surface area contributed by atoms with Gasteiger partial charge in [-0.2, -0.15) is 0 Å². The van der Waals surface area contributed by atoms with Gasteiger partial charge in [-0.25, -0.2) is 27.2 Å². The van der Waals surface area contributed by atoms with Crippen LogP contribution >= 0.6 is 0 Å². The molecular formula is C27H33F4NO7. The van der Waals surface area contributed by atoms with Gasteiger partial charge in [-0.05, 0) is 43.7 Å². The van der Waals surface area contributed by atoms with Crippen LogP contribution in [0.4, 0.5) is 22.4 Å². The van der Waals surface area contributed by atoms with Crippen LogP contribution in [0.1, 0.15) is 31.4 Å². The third kappa shape index (κ3) is 12.3. The number of alkyl halides is 2. The highest BCUT2D eigenvalue weighted by Crippen LogP contribution is 2.17. The summed E-state index contributed by atoms with van der Waals surface area (Å²) in [6.07, 6.45) is -2.08. The van der Waals surface area contributed by atoms with Crippen LogP contribution < -0.4 is 4.74 Å². The van der Waals surface area contributed by atoms with Gasteiger partial charge in [0.25, 0.3) is 0 Å². The van der Waals surface area contributed by atoms with Crippen LogP contribution in [0.3, 0.4) is 0 Å². The molecule has 0 radical (unpaired) electrons. The van der Waals surface area contributed by atoms with E-state index in [-0.39, 0.29) is 51.5 Å². The molecule has 1 atom stereocenters. The average molecular weight is 560 g/mol. The maximum atomic E-state index is 13.9. The van der Waals surface area contributed by atoms with E-state index in [1.54, 1.807) is 31.2 Å². The Hall–Kier alpha value is -3.38. The number of ether oxygens (including phenoxy) is 4. The fourth-order valence-corrected chi connectivity index (χ4v) is 3.32. The Labute approximate surface area is 224 Å². The number of benzene rings is 2. The first-order chi connectivity index (χ1) is 18.5. The molecule has 39 heavy (non-hydrogen) atoms. The summed E-state index contributed by atoms with van der Waals surface area (Å²) >= 11 is 0. The predicted molar refractivity (Wildman–Crippen MR) is 133 cm³/mol. The molecule has 0 aromatic heterocycles. The molecule has 0 saturated carbocycles. The van der Waals surface area contributed by atoms with Crippen molar-refractivity contribution in [2.75, 3.05) is 39.5 Å². The van der Waals surface area contributed by atoms with Crippen molar-refractivity contribution < 1.29 is 51.2 Å². The fraction of sp³-hybridized carbons (Fsp3) is 0.481. The number of carboxylic acids is 1. The van der Waals surface area contributed by atoms with Gasteiger partial charge in [0.1, 0.15) is 30.6 Å². The van der Waals surface area contributed by atoms with Gasteiger partial charge in [-0.15, -0.1) is 0 Å². The van der Waals surface area contributed by atoms with Crippen molar-refractivity contribution in [3.63, 3.8) is 0 Å². The number of carbonyl (C=O) groups is 2. The van der Waals surface area contributed by atoms with E-state index in [1.807, 2.05) is 0 Å². The summed E-state index contributed by atoms with van der Waals surface area (Å²) in [5, 5.41) is 9.22. The Morgan fingerprint density at radius 2 is 1.72 bits per heavy atom. The van der Waals surface area contributed by atoms with E-state index in [1.165, 1.54) is 4.90 Å². The number of rotatable bonds is 17. The first kappa shape index (κ1) is 31.8. The van der Waals surface area contributed by atoms with Crippen molar-refractivity contribution in [1.29, 1.82) is 0 Å². The molecule has 2 aromatic rings. The van der Waals surface area contributed by atoms with Crippen molar-refractivity contribution in [2.24, 2.45) is 0 Å². The first-order valence-corrected chi connectivity index (χ1v) is 12.4. The zero-order valence-corrected chi connectivity index (χ0v) is 21.8. The zero-order chi connectivity index (χ0) is 28.8. The normalized spacial score (nSPS) is 12.2. The molecule has 0 aliphatic rings. The van der Waals surface area contributed by atoms with Gasteiger partial charge >= 0.3 is 12.1 Å². The summed E-state index contributed by atoms with van der Waals surface area (Å²) in [6, 6.07) is 9.57. The lowest BCUT2D eigenvalue weighted by Crippen LogP contribution is -2.37. The Bertz CT molecular complexity index is 1050. The Kier molecular flexibility index (Phi) is 13.0. The third-order valence-corrected chi connectivity index (χ3v) is 5.43.